The van der Waals surface area contributed by atoms with Gasteiger partial charge in [0.1, 0.15) is 9.39 Å². The molecule has 0 aromatic carbocycles. The molecule has 1 aliphatic heterocycles. The Kier molecular flexibility index (Phi) is 3.90. The molecule has 0 saturated carbocycles. The highest BCUT2D eigenvalue weighted by Crippen LogP contribution is 2.29. The van der Waals surface area contributed by atoms with Crippen LogP contribution in [0.5, 0.6) is 0 Å². The second kappa shape index (κ2) is 6.04. The third kappa shape index (κ3) is 2.67. The molecule has 1 aliphatic rings. The molecule has 0 amide bonds. The molecular formula is C16H16IN5O. The van der Waals surface area contributed by atoms with Gasteiger partial charge in [-0.15, -0.1) is 0 Å². The van der Waals surface area contributed by atoms with Gasteiger partial charge in [0.15, 0.2) is 11.5 Å². The number of rotatable bonds is 2. The molecule has 0 radical (unpaired) electrons. The average molecular weight is 421 g/mol. The standard InChI is InChI=1S/C16H16IN5O/c1-11-10-22-14(17)13(12-3-2-4-18-9-12)20-15(16(22)19-11)21-5-7-23-8-6-21/h2-4,9-10H,5-8H2,1H3. The summed E-state index contributed by atoms with van der Waals surface area (Å²) in [6.45, 7) is 5.13. The van der Waals surface area contributed by atoms with Crippen LogP contribution in [0.1, 0.15) is 5.69 Å². The molecule has 7 heteroatoms. The number of imidazole rings is 1. The first kappa shape index (κ1) is 14.8. The van der Waals surface area contributed by atoms with E-state index in [1.54, 1.807) is 6.20 Å². The van der Waals surface area contributed by atoms with Crippen molar-refractivity contribution in [3.05, 3.63) is 40.1 Å². The van der Waals surface area contributed by atoms with Crippen LogP contribution in [0.25, 0.3) is 16.9 Å². The van der Waals surface area contributed by atoms with Crippen molar-refractivity contribution in [3.63, 3.8) is 0 Å². The zero-order valence-electron chi connectivity index (χ0n) is 12.7. The fourth-order valence-corrected chi connectivity index (χ4v) is 3.59. The number of pyridine rings is 1. The number of fused-ring (bicyclic) bond motifs is 1. The number of anilines is 1. The van der Waals surface area contributed by atoms with E-state index < -0.39 is 0 Å². The van der Waals surface area contributed by atoms with Crippen LogP contribution in [0.3, 0.4) is 0 Å². The highest BCUT2D eigenvalue weighted by Gasteiger charge is 2.21. The monoisotopic (exact) mass is 421 g/mol. The number of aromatic nitrogens is 4. The Labute approximate surface area is 147 Å². The van der Waals surface area contributed by atoms with Gasteiger partial charge in [0.25, 0.3) is 0 Å². The van der Waals surface area contributed by atoms with E-state index in [9.17, 15) is 0 Å². The first-order valence-corrected chi connectivity index (χ1v) is 8.60. The van der Waals surface area contributed by atoms with Gasteiger partial charge < -0.3 is 9.64 Å². The molecule has 6 nitrogen and oxygen atoms in total. The Morgan fingerprint density at radius 2 is 2.04 bits per heavy atom. The van der Waals surface area contributed by atoms with E-state index in [1.165, 1.54) is 0 Å². The van der Waals surface area contributed by atoms with E-state index in [-0.39, 0.29) is 0 Å². The lowest BCUT2D eigenvalue weighted by molar-refractivity contribution is 0.122. The van der Waals surface area contributed by atoms with Gasteiger partial charge in [-0.05, 0) is 41.6 Å². The third-order valence-electron chi connectivity index (χ3n) is 3.90. The summed E-state index contributed by atoms with van der Waals surface area (Å²) < 4.78 is 8.63. The molecule has 0 bridgehead atoms. The zero-order chi connectivity index (χ0) is 15.8. The van der Waals surface area contributed by atoms with E-state index >= 15 is 0 Å². The summed E-state index contributed by atoms with van der Waals surface area (Å²) in [5.74, 6) is 0.917. The molecule has 1 saturated heterocycles. The van der Waals surface area contributed by atoms with Crippen molar-refractivity contribution in [2.45, 2.75) is 6.92 Å². The molecule has 0 unspecified atom stereocenters. The maximum atomic E-state index is 5.47. The van der Waals surface area contributed by atoms with Crippen molar-refractivity contribution >= 4 is 34.1 Å². The maximum absolute atomic E-state index is 5.47. The van der Waals surface area contributed by atoms with E-state index in [0.29, 0.717) is 0 Å². The predicted octanol–water partition coefficient (Wildman–Crippen LogP) is 2.54. The van der Waals surface area contributed by atoms with Crippen LogP contribution >= 0.6 is 22.6 Å². The van der Waals surface area contributed by atoms with E-state index in [1.807, 2.05) is 25.3 Å². The van der Waals surface area contributed by atoms with Crippen molar-refractivity contribution in [2.24, 2.45) is 0 Å². The zero-order valence-corrected chi connectivity index (χ0v) is 14.9. The number of hydrogen-bond donors (Lipinski definition) is 0. The Morgan fingerprint density at radius 1 is 1.22 bits per heavy atom. The summed E-state index contributed by atoms with van der Waals surface area (Å²) in [4.78, 5) is 16.1. The smallest absolute Gasteiger partial charge is 0.181 e. The van der Waals surface area contributed by atoms with Crippen LogP contribution in [-0.4, -0.2) is 45.7 Å². The Hall–Kier alpha value is -1.74. The highest BCUT2D eigenvalue weighted by molar-refractivity contribution is 14.1. The minimum Gasteiger partial charge on any atom is -0.378 e. The second-order valence-corrected chi connectivity index (χ2v) is 6.51. The van der Waals surface area contributed by atoms with Crippen molar-refractivity contribution in [2.75, 3.05) is 31.2 Å². The molecule has 0 N–H and O–H groups in total. The molecule has 0 aliphatic carbocycles. The van der Waals surface area contributed by atoms with Crippen LogP contribution in [0.4, 0.5) is 5.82 Å². The van der Waals surface area contributed by atoms with Crippen LogP contribution in [0.15, 0.2) is 30.7 Å². The van der Waals surface area contributed by atoms with Crippen molar-refractivity contribution in [1.82, 2.24) is 19.4 Å². The summed E-state index contributed by atoms with van der Waals surface area (Å²) in [5.41, 5.74) is 3.84. The van der Waals surface area contributed by atoms with Gasteiger partial charge in [-0.2, -0.15) is 0 Å². The van der Waals surface area contributed by atoms with Crippen LogP contribution < -0.4 is 4.90 Å². The van der Waals surface area contributed by atoms with Crippen LogP contribution in [0, 0.1) is 10.6 Å². The van der Waals surface area contributed by atoms with Gasteiger partial charge in [-0.3, -0.25) is 9.38 Å². The number of morpholine rings is 1. The van der Waals surface area contributed by atoms with Gasteiger partial charge in [0.05, 0.1) is 18.9 Å². The number of ether oxygens (including phenoxy) is 1. The van der Waals surface area contributed by atoms with E-state index in [4.69, 9.17) is 9.72 Å². The lowest BCUT2D eigenvalue weighted by Gasteiger charge is -2.28. The fourth-order valence-electron chi connectivity index (χ4n) is 2.80. The maximum Gasteiger partial charge on any atom is 0.181 e. The molecule has 3 aromatic heterocycles. The molecule has 1 fully saturated rings. The molecule has 0 spiro atoms. The molecule has 3 aromatic rings. The highest BCUT2D eigenvalue weighted by atomic mass is 127. The van der Waals surface area contributed by atoms with E-state index in [0.717, 1.165) is 58.4 Å². The van der Waals surface area contributed by atoms with Crippen LogP contribution in [-0.2, 0) is 4.74 Å². The van der Waals surface area contributed by atoms with Crippen LogP contribution in [0.2, 0.25) is 0 Å². The average Bonchev–Trinajstić information content (AvgIpc) is 2.99. The molecular weight excluding hydrogens is 405 g/mol. The summed E-state index contributed by atoms with van der Waals surface area (Å²) in [5, 5.41) is 0. The molecule has 4 rings (SSSR count). The topological polar surface area (TPSA) is 55.5 Å². The molecule has 118 valence electrons. The Balaban J connectivity index is 1.95. The number of halogens is 1. The first-order valence-electron chi connectivity index (χ1n) is 7.52. The lowest BCUT2D eigenvalue weighted by Crippen LogP contribution is -2.37. The van der Waals surface area contributed by atoms with Gasteiger partial charge >= 0.3 is 0 Å². The lowest BCUT2D eigenvalue weighted by atomic mass is 10.2. The van der Waals surface area contributed by atoms with Gasteiger partial charge in [-0.25, -0.2) is 9.97 Å². The number of nitrogens with zero attached hydrogens (tertiary/aromatic N) is 5. The summed E-state index contributed by atoms with van der Waals surface area (Å²) >= 11 is 2.33. The van der Waals surface area contributed by atoms with Gasteiger partial charge in [0.2, 0.25) is 0 Å². The fraction of sp³-hybridized carbons (Fsp3) is 0.312. The van der Waals surface area contributed by atoms with Crippen molar-refractivity contribution in [1.29, 1.82) is 0 Å². The minimum atomic E-state index is 0.724. The second-order valence-electron chi connectivity index (χ2n) is 5.49. The quantitative estimate of drug-likeness (QED) is 0.596. The molecule has 23 heavy (non-hydrogen) atoms. The molecule has 0 atom stereocenters. The summed E-state index contributed by atoms with van der Waals surface area (Å²) in [7, 11) is 0. The number of aryl methyl sites for hydroxylation is 1. The van der Waals surface area contributed by atoms with Crippen molar-refractivity contribution < 1.29 is 4.74 Å². The summed E-state index contributed by atoms with van der Waals surface area (Å²) in [6, 6.07) is 3.97. The SMILES string of the molecule is Cc1cn2c(I)c(-c3cccnc3)nc(N3CCOCC3)c2n1. The first-order chi connectivity index (χ1) is 11.2. The van der Waals surface area contributed by atoms with Gasteiger partial charge in [-0.1, -0.05) is 0 Å². The van der Waals surface area contributed by atoms with Crippen molar-refractivity contribution in [3.8, 4) is 11.3 Å². The summed E-state index contributed by atoms with van der Waals surface area (Å²) in [6.07, 6.45) is 5.69. The molecule has 4 heterocycles. The Bertz CT molecular complexity index is 843. The minimum absolute atomic E-state index is 0.724. The third-order valence-corrected chi connectivity index (χ3v) is 4.93. The largest absolute Gasteiger partial charge is 0.378 e. The number of hydrogen-bond acceptors (Lipinski definition) is 5. The van der Waals surface area contributed by atoms with E-state index in [2.05, 4.69) is 48.1 Å². The van der Waals surface area contributed by atoms with Gasteiger partial charge in [0, 0.05) is 37.2 Å². The predicted molar refractivity (Wildman–Crippen MR) is 96.7 cm³/mol. The Morgan fingerprint density at radius 3 is 2.78 bits per heavy atom. The normalized spacial score (nSPS) is 15.3.